The highest BCUT2D eigenvalue weighted by Crippen LogP contribution is 2.25. The van der Waals surface area contributed by atoms with E-state index in [-0.39, 0.29) is 5.91 Å². The first-order chi connectivity index (χ1) is 11.8. The number of benzene rings is 1. The van der Waals surface area contributed by atoms with Gasteiger partial charge in [0.15, 0.2) is 0 Å². The predicted molar refractivity (Wildman–Crippen MR) is 99.1 cm³/mol. The smallest absolute Gasteiger partial charge is 0.412 e. The Morgan fingerprint density at radius 1 is 1.24 bits per heavy atom. The number of nitrogens with zero attached hydrogens (tertiary/aromatic N) is 1. The SMILES string of the molecule is CC(C)(C)OC(=O)Nc1cccc(C(=O)N2CCc3sccc3C2)c1. The van der Waals surface area contributed by atoms with Crippen molar-refractivity contribution in [2.45, 2.75) is 39.3 Å². The van der Waals surface area contributed by atoms with Gasteiger partial charge in [0.05, 0.1) is 0 Å². The normalized spacial score (nSPS) is 14.0. The van der Waals surface area contributed by atoms with Crippen LogP contribution < -0.4 is 5.32 Å². The first-order valence-electron chi connectivity index (χ1n) is 8.26. The second-order valence-corrected chi connectivity index (χ2v) is 8.05. The number of thiophene rings is 1. The third-order valence-electron chi connectivity index (χ3n) is 3.85. The quantitative estimate of drug-likeness (QED) is 0.871. The van der Waals surface area contributed by atoms with Crippen LogP contribution in [0.2, 0.25) is 0 Å². The maximum atomic E-state index is 12.8. The van der Waals surface area contributed by atoms with Crippen LogP contribution in [0.15, 0.2) is 35.7 Å². The molecule has 25 heavy (non-hydrogen) atoms. The van der Waals surface area contributed by atoms with Crippen LogP contribution >= 0.6 is 11.3 Å². The third-order valence-corrected chi connectivity index (χ3v) is 4.87. The van der Waals surface area contributed by atoms with Crippen LogP contribution in [0, 0.1) is 0 Å². The van der Waals surface area contributed by atoms with E-state index in [4.69, 9.17) is 4.74 Å². The number of nitrogens with one attached hydrogen (secondary N) is 1. The van der Waals surface area contributed by atoms with Crippen LogP contribution in [-0.2, 0) is 17.7 Å². The van der Waals surface area contributed by atoms with Gasteiger partial charge < -0.3 is 9.64 Å². The zero-order chi connectivity index (χ0) is 18.0. The van der Waals surface area contributed by atoms with Crippen molar-refractivity contribution in [3.05, 3.63) is 51.7 Å². The molecule has 2 amide bonds. The molecule has 2 aromatic rings. The number of hydrogen-bond donors (Lipinski definition) is 1. The molecule has 0 atom stereocenters. The summed E-state index contributed by atoms with van der Waals surface area (Å²) in [5, 5.41) is 4.75. The summed E-state index contributed by atoms with van der Waals surface area (Å²) in [4.78, 5) is 27.9. The lowest BCUT2D eigenvalue weighted by Gasteiger charge is -2.27. The maximum absolute atomic E-state index is 12.8. The molecule has 6 heteroatoms. The van der Waals surface area contributed by atoms with Crippen molar-refractivity contribution in [1.29, 1.82) is 0 Å². The third kappa shape index (κ3) is 4.39. The van der Waals surface area contributed by atoms with Crippen LogP contribution in [0.25, 0.3) is 0 Å². The molecule has 1 aliphatic heterocycles. The molecular formula is C19H22N2O3S. The lowest BCUT2D eigenvalue weighted by Crippen LogP contribution is -2.35. The van der Waals surface area contributed by atoms with E-state index in [0.717, 1.165) is 13.0 Å². The predicted octanol–water partition coefficient (Wildman–Crippen LogP) is 4.29. The van der Waals surface area contributed by atoms with E-state index in [2.05, 4.69) is 16.8 Å². The van der Waals surface area contributed by atoms with E-state index in [1.165, 1.54) is 10.4 Å². The van der Waals surface area contributed by atoms with Gasteiger partial charge in [-0.2, -0.15) is 0 Å². The summed E-state index contributed by atoms with van der Waals surface area (Å²) in [7, 11) is 0. The van der Waals surface area contributed by atoms with Crippen LogP contribution in [0.4, 0.5) is 10.5 Å². The summed E-state index contributed by atoms with van der Waals surface area (Å²) in [6.07, 6.45) is 0.368. The Kier molecular flexibility index (Phi) is 4.81. The Hall–Kier alpha value is -2.34. The number of carbonyl (C=O) groups excluding carboxylic acids is 2. The topological polar surface area (TPSA) is 58.6 Å². The summed E-state index contributed by atoms with van der Waals surface area (Å²) in [5.74, 6) is -0.0234. The van der Waals surface area contributed by atoms with Crippen molar-refractivity contribution < 1.29 is 14.3 Å². The molecule has 5 nitrogen and oxygen atoms in total. The molecule has 1 aromatic heterocycles. The number of ether oxygens (including phenoxy) is 1. The van der Waals surface area contributed by atoms with Gasteiger partial charge in [0.25, 0.3) is 5.91 Å². The fourth-order valence-corrected chi connectivity index (χ4v) is 3.65. The minimum atomic E-state index is -0.566. The van der Waals surface area contributed by atoms with Gasteiger partial charge in [0, 0.05) is 29.2 Å². The van der Waals surface area contributed by atoms with Gasteiger partial charge in [0.1, 0.15) is 5.60 Å². The van der Waals surface area contributed by atoms with Crippen molar-refractivity contribution in [1.82, 2.24) is 4.90 Å². The summed E-state index contributed by atoms with van der Waals surface area (Å²) in [6.45, 7) is 6.78. The Morgan fingerprint density at radius 2 is 2.04 bits per heavy atom. The Balaban J connectivity index is 1.69. The molecule has 0 aliphatic carbocycles. The second-order valence-electron chi connectivity index (χ2n) is 7.05. The number of carbonyl (C=O) groups is 2. The van der Waals surface area contributed by atoms with Crippen LogP contribution in [0.5, 0.6) is 0 Å². The van der Waals surface area contributed by atoms with Gasteiger partial charge in [-0.15, -0.1) is 11.3 Å². The summed E-state index contributed by atoms with van der Waals surface area (Å²) >= 11 is 1.75. The fraction of sp³-hybridized carbons (Fsp3) is 0.368. The van der Waals surface area contributed by atoms with Crippen LogP contribution in [-0.4, -0.2) is 29.0 Å². The summed E-state index contributed by atoms with van der Waals surface area (Å²) < 4.78 is 5.24. The molecule has 1 aromatic carbocycles. The Morgan fingerprint density at radius 3 is 2.80 bits per heavy atom. The molecule has 0 unspecified atom stereocenters. The molecule has 0 saturated heterocycles. The van der Waals surface area contributed by atoms with E-state index in [1.807, 2.05) is 25.7 Å². The highest BCUT2D eigenvalue weighted by Gasteiger charge is 2.23. The second kappa shape index (κ2) is 6.88. The largest absolute Gasteiger partial charge is 0.444 e. The minimum absolute atomic E-state index is 0.0234. The number of fused-ring (bicyclic) bond motifs is 1. The first-order valence-corrected chi connectivity index (χ1v) is 9.14. The van der Waals surface area contributed by atoms with Gasteiger partial charge in [-0.3, -0.25) is 10.1 Å². The van der Waals surface area contributed by atoms with Crippen molar-refractivity contribution in [3.63, 3.8) is 0 Å². The molecule has 0 saturated carbocycles. The average molecular weight is 358 g/mol. The van der Waals surface area contributed by atoms with Crippen molar-refractivity contribution >= 4 is 29.0 Å². The molecule has 0 bridgehead atoms. The molecular weight excluding hydrogens is 336 g/mol. The van der Waals surface area contributed by atoms with Crippen molar-refractivity contribution in [2.75, 3.05) is 11.9 Å². The molecule has 1 N–H and O–H groups in total. The monoisotopic (exact) mass is 358 g/mol. The molecule has 2 heterocycles. The lowest BCUT2D eigenvalue weighted by molar-refractivity contribution is 0.0634. The van der Waals surface area contributed by atoms with Gasteiger partial charge in [0.2, 0.25) is 0 Å². The average Bonchev–Trinajstić information content (AvgIpc) is 3.00. The number of anilines is 1. The highest BCUT2D eigenvalue weighted by atomic mass is 32.1. The van der Waals surface area contributed by atoms with Gasteiger partial charge in [-0.25, -0.2) is 4.79 Å². The maximum Gasteiger partial charge on any atom is 0.412 e. The molecule has 0 spiro atoms. The minimum Gasteiger partial charge on any atom is -0.444 e. The van der Waals surface area contributed by atoms with Crippen molar-refractivity contribution in [3.8, 4) is 0 Å². The first kappa shape index (κ1) is 17.5. The molecule has 1 aliphatic rings. The fourth-order valence-electron chi connectivity index (χ4n) is 2.76. The van der Waals surface area contributed by atoms with Gasteiger partial charge in [-0.05, 0) is 62.4 Å². The molecule has 0 radical (unpaired) electrons. The Bertz CT molecular complexity index is 792. The highest BCUT2D eigenvalue weighted by molar-refractivity contribution is 7.10. The zero-order valence-electron chi connectivity index (χ0n) is 14.7. The van der Waals surface area contributed by atoms with E-state index in [9.17, 15) is 9.59 Å². The van der Waals surface area contributed by atoms with E-state index in [1.54, 1.807) is 35.6 Å². The zero-order valence-corrected chi connectivity index (χ0v) is 15.5. The standard InChI is InChI=1S/C19H22N2O3S/c1-19(2,3)24-18(23)20-15-6-4-5-13(11-15)17(22)21-9-7-16-14(12-21)8-10-25-16/h4-6,8,10-11H,7,9,12H2,1-3H3,(H,20,23). The molecule has 132 valence electrons. The van der Waals surface area contributed by atoms with E-state index in [0.29, 0.717) is 17.8 Å². The summed E-state index contributed by atoms with van der Waals surface area (Å²) in [5.41, 5.74) is 1.78. The Labute approximate surface area is 151 Å². The van der Waals surface area contributed by atoms with Gasteiger partial charge in [-0.1, -0.05) is 6.07 Å². The molecule has 0 fully saturated rings. The summed E-state index contributed by atoms with van der Waals surface area (Å²) in [6, 6.07) is 9.05. The molecule has 3 rings (SSSR count). The number of hydrogen-bond acceptors (Lipinski definition) is 4. The van der Waals surface area contributed by atoms with Crippen molar-refractivity contribution in [2.24, 2.45) is 0 Å². The van der Waals surface area contributed by atoms with Crippen LogP contribution in [0.3, 0.4) is 0 Å². The van der Waals surface area contributed by atoms with Crippen LogP contribution in [0.1, 0.15) is 41.6 Å². The lowest BCUT2D eigenvalue weighted by atomic mass is 10.1. The van der Waals surface area contributed by atoms with Gasteiger partial charge >= 0.3 is 6.09 Å². The van der Waals surface area contributed by atoms with E-state index < -0.39 is 11.7 Å². The van der Waals surface area contributed by atoms with E-state index >= 15 is 0 Å². The number of amides is 2. The number of rotatable bonds is 2.